The van der Waals surface area contributed by atoms with E-state index in [1.54, 1.807) is 0 Å². The Balaban J connectivity index is 1.16. The maximum atomic E-state index is 6.49. The zero-order valence-corrected chi connectivity index (χ0v) is 27.8. The van der Waals surface area contributed by atoms with E-state index in [2.05, 4.69) is 174 Å². The highest BCUT2D eigenvalue weighted by atomic mass is 16.3. The lowest BCUT2D eigenvalue weighted by atomic mass is 9.90. The van der Waals surface area contributed by atoms with Crippen molar-refractivity contribution < 1.29 is 4.42 Å². The monoisotopic (exact) mass is 655 g/mol. The molecule has 9 aromatic rings. The van der Waals surface area contributed by atoms with Crippen molar-refractivity contribution in [3.05, 3.63) is 193 Å². The van der Waals surface area contributed by atoms with Crippen LogP contribution in [0, 0.1) is 0 Å². The van der Waals surface area contributed by atoms with Gasteiger partial charge in [0.15, 0.2) is 0 Å². The van der Waals surface area contributed by atoms with Gasteiger partial charge in [0.05, 0.1) is 0 Å². The molecule has 2 N–H and O–H groups in total. The van der Waals surface area contributed by atoms with Crippen LogP contribution in [0.5, 0.6) is 0 Å². The maximum absolute atomic E-state index is 6.49. The predicted molar refractivity (Wildman–Crippen MR) is 211 cm³/mol. The summed E-state index contributed by atoms with van der Waals surface area (Å²) in [6.07, 6.45) is -0.580. The van der Waals surface area contributed by atoms with Gasteiger partial charge in [0.1, 0.15) is 29.3 Å². The summed E-state index contributed by atoms with van der Waals surface area (Å²) in [6, 6.07) is 62.2. The number of aliphatic imine (C=N–C) groups is 1. The molecule has 1 aliphatic heterocycles. The van der Waals surface area contributed by atoms with E-state index in [1.807, 2.05) is 12.1 Å². The molecule has 2 unspecified atom stereocenters. The van der Waals surface area contributed by atoms with Crippen molar-refractivity contribution in [1.82, 2.24) is 10.6 Å². The predicted octanol–water partition coefficient (Wildman–Crippen LogP) is 11.6. The van der Waals surface area contributed by atoms with E-state index in [9.17, 15) is 0 Å². The number of fused-ring (bicyclic) bond motifs is 6. The Labute approximate surface area is 295 Å². The minimum Gasteiger partial charge on any atom is -0.456 e. The molecule has 0 saturated carbocycles. The number of nitrogens with zero attached hydrogens (tertiary/aromatic N) is 1. The Morgan fingerprint density at radius 2 is 1.12 bits per heavy atom. The SMILES string of the molecule is c1ccc(C2=NC(c3ccc(-c4ccccc4)cc3)NC(c3c(-c4ccc5c(ccc6ccccc65)c4)ccc4oc5ccccc5c34)N2)cc1. The fourth-order valence-corrected chi connectivity index (χ4v) is 7.68. The van der Waals surface area contributed by atoms with Crippen molar-refractivity contribution >= 4 is 49.3 Å². The van der Waals surface area contributed by atoms with Gasteiger partial charge in [-0.15, -0.1) is 0 Å². The molecule has 0 radical (unpaired) electrons. The number of amidine groups is 1. The highest BCUT2D eigenvalue weighted by Gasteiger charge is 2.30. The molecule has 1 aliphatic rings. The lowest BCUT2D eigenvalue weighted by Gasteiger charge is -2.33. The molecule has 0 amide bonds. The summed E-state index contributed by atoms with van der Waals surface area (Å²) in [7, 11) is 0. The number of benzene rings is 8. The maximum Gasteiger partial charge on any atom is 0.135 e. The smallest absolute Gasteiger partial charge is 0.135 e. The lowest BCUT2D eigenvalue weighted by molar-refractivity contribution is 0.411. The number of hydrogen-bond acceptors (Lipinski definition) is 4. The van der Waals surface area contributed by atoms with Crippen molar-refractivity contribution in [2.75, 3.05) is 0 Å². The lowest BCUT2D eigenvalue weighted by Crippen LogP contribution is -2.45. The molecule has 4 heteroatoms. The standard InChI is InChI=1S/C47H33N3O/c1-3-11-30(12-4-1)31-19-22-34(23-20-31)46-48-45(33-14-5-2-6-15-33)49-47(50-46)44-39(27-28-42-43(44)40-17-9-10-18-41(40)51-42)36-25-26-38-35(29-36)24-21-32-13-7-8-16-37(32)38/h1-29,46-47,50H,(H,48,49). The van der Waals surface area contributed by atoms with Gasteiger partial charge in [-0.1, -0.05) is 158 Å². The zero-order chi connectivity index (χ0) is 33.7. The molecule has 2 heterocycles. The quantitative estimate of drug-likeness (QED) is 0.181. The molecule has 0 aliphatic carbocycles. The van der Waals surface area contributed by atoms with Crippen molar-refractivity contribution in [2.45, 2.75) is 12.3 Å². The van der Waals surface area contributed by atoms with Crippen molar-refractivity contribution in [2.24, 2.45) is 4.99 Å². The van der Waals surface area contributed by atoms with Crippen LogP contribution < -0.4 is 10.6 Å². The van der Waals surface area contributed by atoms with Gasteiger partial charge in [0, 0.05) is 21.9 Å². The van der Waals surface area contributed by atoms with Gasteiger partial charge in [-0.2, -0.15) is 0 Å². The van der Waals surface area contributed by atoms with Crippen LogP contribution in [-0.2, 0) is 0 Å². The third-order valence-corrected chi connectivity index (χ3v) is 10.2. The second-order valence-electron chi connectivity index (χ2n) is 13.2. The molecular formula is C47H33N3O. The summed E-state index contributed by atoms with van der Waals surface area (Å²) in [4.78, 5) is 5.27. The van der Waals surface area contributed by atoms with Gasteiger partial charge >= 0.3 is 0 Å². The van der Waals surface area contributed by atoms with E-state index >= 15 is 0 Å². The first kappa shape index (κ1) is 29.4. The zero-order valence-electron chi connectivity index (χ0n) is 27.8. The molecule has 8 aromatic carbocycles. The number of furan rings is 1. The second kappa shape index (κ2) is 12.1. The Kier molecular flexibility index (Phi) is 7.00. The molecule has 2 atom stereocenters. The van der Waals surface area contributed by atoms with Crippen molar-refractivity contribution in [3.8, 4) is 22.3 Å². The third kappa shape index (κ3) is 5.16. The Bertz CT molecular complexity index is 2750. The molecule has 0 spiro atoms. The highest BCUT2D eigenvalue weighted by molar-refractivity contribution is 6.11. The van der Waals surface area contributed by atoms with Gasteiger partial charge in [0.25, 0.3) is 0 Å². The minimum absolute atomic E-state index is 0.288. The average molecular weight is 656 g/mol. The molecule has 1 aromatic heterocycles. The van der Waals surface area contributed by atoms with Crippen LogP contribution in [0.1, 0.15) is 29.0 Å². The van der Waals surface area contributed by atoms with Crippen molar-refractivity contribution in [3.63, 3.8) is 0 Å². The molecule has 0 bridgehead atoms. The van der Waals surface area contributed by atoms with Gasteiger partial charge < -0.3 is 9.73 Å². The van der Waals surface area contributed by atoms with Crippen LogP contribution in [0.15, 0.2) is 185 Å². The van der Waals surface area contributed by atoms with E-state index < -0.39 is 0 Å². The summed E-state index contributed by atoms with van der Waals surface area (Å²) < 4.78 is 6.49. The Morgan fingerprint density at radius 3 is 1.94 bits per heavy atom. The topological polar surface area (TPSA) is 49.6 Å². The van der Waals surface area contributed by atoms with Crippen molar-refractivity contribution in [1.29, 1.82) is 0 Å². The van der Waals surface area contributed by atoms with Crippen LogP contribution in [0.4, 0.5) is 0 Å². The second-order valence-corrected chi connectivity index (χ2v) is 13.2. The highest BCUT2D eigenvalue weighted by Crippen LogP contribution is 2.42. The fourth-order valence-electron chi connectivity index (χ4n) is 7.68. The van der Waals surface area contributed by atoms with Gasteiger partial charge in [-0.05, 0) is 67.6 Å². The molecular weight excluding hydrogens is 623 g/mol. The van der Waals surface area contributed by atoms with E-state index in [1.165, 1.54) is 32.7 Å². The summed E-state index contributed by atoms with van der Waals surface area (Å²) in [5.74, 6) is 0.845. The molecule has 4 nitrogen and oxygen atoms in total. The summed E-state index contributed by atoms with van der Waals surface area (Å²) in [5, 5.41) is 14.9. The van der Waals surface area contributed by atoms with E-state index in [4.69, 9.17) is 9.41 Å². The molecule has 51 heavy (non-hydrogen) atoms. The number of nitrogens with one attached hydrogen (secondary N) is 2. The normalized spacial score (nSPS) is 16.0. The number of para-hydroxylation sites is 1. The fraction of sp³-hybridized carbons (Fsp3) is 0.0426. The van der Waals surface area contributed by atoms with Crippen LogP contribution in [-0.4, -0.2) is 5.84 Å². The largest absolute Gasteiger partial charge is 0.456 e. The van der Waals surface area contributed by atoms with Gasteiger partial charge in [-0.3, -0.25) is 5.32 Å². The first-order chi connectivity index (χ1) is 25.3. The summed E-state index contributed by atoms with van der Waals surface area (Å²) >= 11 is 0. The van der Waals surface area contributed by atoms with Gasteiger partial charge in [-0.25, -0.2) is 4.99 Å². The van der Waals surface area contributed by atoms with E-state index in [0.717, 1.165) is 55.6 Å². The van der Waals surface area contributed by atoms with Crippen LogP contribution in [0.25, 0.3) is 65.7 Å². The number of hydrogen-bond donors (Lipinski definition) is 2. The summed E-state index contributed by atoms with van der Waals surface area (Å²) in [6.45, 7) is 0. The molecule has 0 saturated heterocycles. The van der Waals surface area contributed by atoms with Crippen LogP contribution in [0.2, 0.25) is 0 Å². The average Bonchev–Trinajstić information content (AvgIpc) is 3.59. The number of rotatable bonds is 5. The van der Waals surface area contributed by atoms with Gasteiger partial charge in [0.2, 0.25) is 0 Å². The summed E-state index contributed by atoms with van der Waals surface area (Å²) in [5.41, 5.74) is 9.66. The first-order valence-electron chi connectivity index (χ1n) is 17.4. The Hall–Kier alpha value is -6.49. The van der Waals surface area contributed by atoms with E-state index in [0.29, 0.717) is 0 Å². The minimum atomic E-state index is -0.291. The van der Waals surface area contributed by atoms with E-state index in [-0.39, 0.29) is 12.3 Å². The van der Waals surface area contributed by atoms with Crippen LogP contribution in [0.3, 0.4) is 0 Å². The molecule has 0 fully saturated rings. The van der Waals surface area contributed by atoms with Crippen LogP contribution >= 0.6 is 0 Å². The molecule has 242 valence electrons. The molecule has 10 rings (SSSR count). The Morgan fingerprint density at radius 1 is 0.471 bits per heavy atom. The third-order valence-electron chi connectivity index (χ3n) is 10.2. The first-order valence-corrected chi connectivity index (χ1v) is 17.4.